The third-order valence-corrected chi connectivity index (χ3v) is 5.00. The summed E-state index contributed by atoms with van der Waals surface area (Å²) in [6.07, 6.45) is 6.83. The van der Waals surface area contributed by atoms with Gasteiger partial charge in [-0.05, 0) is 54.1 Å². The Morgan fingerprint density at radius 2 is 2.09 bits per heavy atom. The molecule has 2 fully saturated rings. The number of pyridine rings is 1. The van der Waals surface area contributed by atoms with Crippen LogP contribution in [0.1, 0.15) is 37.7 Å². The van der Waals surface area contributed by atoms with Crippen LogP contribution in [0.25, 0.3) is 0 Å². The van der Waals surface area contributed by atoms with Gasteiger partial charge in [-0.1, -0.05) is 0 Å². The Hall–Kier alpha value is -1.61. The Morgan fingerprint density at radius 1 is 1.36 bits per heavy atom. The maximum absolute atomic E-state index is 12.2. The molecule has 0 atom stereocenters. The van der Waals surface area contributed by atoms with E-state index < -0.39 is 0 Å². The van der Waals surface area contributed by atoms with Gasteiger partial charge in [0.15, 0.2) is 0 Å². The summed E-state index contributed by atoms with van der Waals surface area (Å²) in [5, 5.41) is 12.4. The van der Waals surface area contributed by atoms with Crippen LogP contribution in [0.5, 0.6) is 0 Å². The van der Waals surface area contributed by atoms with Crippen LogP contribution >= 0.6 is 15.9 Å². The molecule has 22 heavy (non-hydrogen) atoms. The Kier molecular flexibility index (Phi) is 4.63. The Morgan fingerprint density at radius 3 is 2.68 bits per heavy atom. The van der Waals surface area contributed by atoms with Crippen molar-refractivity contribution in [3.05, 3.63) is 22.3 Å². The summed E-state index contributed by atoms with van der Waals surface area (Å²) in [5.74, 6) is 1.02. The van der Waals surface area contributed by atoms with Crippen molar-refractivity contribution in [2.24, 2.45) is 5.92 Å². The number of anilines is 1. The van der Waals surface area contributed by atoms with Crippen molar-refractivity contribution in [3.8, 4) is 6.07 Å². The molecule has 116 valence electrons. The van der Waals surface area contributed by atoms with Gasteiger partial charge < -0.3 is 10.2 Å². The highest BCUT2D eigenvalue weighted by Crippen LogP contribution is 2.27. The number of carbonyl (C=O) groups excluding carboxylic acids is 1. The number of carbonyl (C=O) groups is 1. The molecule has 1 aliphatic heterocycles. The minimum absolute atomic E-state index is 0.0952. The lowest BCUT2D eigenvalue weighted by Crippen LogP contribution is -2.46. The maximum Gasteiger partial charge on any atom is 0.223 e. The smallest absolute Gasteiger partial charge is 0.223 e. The quantitative estimate of drug-likeness (QED) is 0.896. The number of hydrogen-bond acceptors (Lipinski definition) is 4. The van der Waals surface area contributed by atoms with E-state index in [9.17, 15) is 10.1 Å². The maximum atomic E-state index is 12.2. The van der Waals surface area contributed by atoms with Gasteiger partial charge >= 0.3 is 0 Å². The number of nitrogens with one attached hydrogen (secondary N) is 1. The van der Waals surface area contributed by atoms with E-state index in [0.717, 1.165) is 49.1 Å². The van der Waals surface area contributed by atoms with Crippen molar-refractivity contribution >= 4 is 27.7 Å². The monoisotopic (exact) mass is 362 g/mol. The third-order valence-electron chi connectivity index (χ3n) is 4.57. The summed E-state index contributed by atoms with van der Waals surface area (Å²) in [4.78, 5) is 18.7. The predicted octanol–water partition coefficient (Wildman–Crippen LogP) is 2.60. The molecule has 1 aromatic rings. The minimum atomic E-state index is 0.0952. The average Bonchev–Trinajstić information content (AvgIpc) is 2.50. The van der Waals surface area contributed by atoms with E-state index in [4.69, 9.17) is 0 Å². The molecule has 1 saturated heterocycles. The standard InChI is InChI=1S/C16H19BrN4O/c17-13-8-12(9-18)15(19-10-13)21-6-4-11(5-7-21)16(22)20-14-2-1-3-14/h8,10-11,14H,1-7H2,(H,20,22). The highest BCUT2D eigenvalue weighted by Gasteiger charge is 2.29. The second kappa shape index (κ2) is 6.66. The zero-order valence-electron chi connectivity index (χ0n) is 12.4. The van der Waals surface area contributed by atoms with E-state index in [2.05, 4.69) is 37.2 Å². The average molecular weight is 363 g/mol. The summed E-state index contributed by atoms with van der Waals surface area (Å²) in [6.45, 7) is 1.54. The second-order valence-electron chi connectivity index (χ2n) is 6.03. The predicted molar refractivity (Wildman–Crippen MR) is 87.4 cm³/mol. The molecule has 6 heteroatoms. The highest BCUT2D eigenvalue weighted by atomic mass is 79.9. The molecular formula is C16H19BrN4O. The number of halogens is 1. The number of nitrogens with zero attached hydrogens (tertiary/aromatic N) is 3. The van der Waals surface area contributed by atoms with Crippen LogP contribution < -0.4 is 10.2 Å². The molecular weight excluding hydrogens is 344 g/mol. The van der Waals surface area contributed by atoms with Gasteiger partial charge in [-0.2, -0.15) is 5.26 Å². The van der Waals surface area contributed by atoms with E-state index in [1.54, 1.807) is 12.3 Å². The molecule has 1 aromatic heterocycles. The second-order valence-corrected chi connectivity index (χ2v) is 6.95. The Balaban J connectivity index is 1.59. The third kappa shape index (κ3) is 3.25. The number of aromatic nitrogens is 1. The molecule has 0 radical (unpaired) electrons. The van der Waals surface area contributed by atoms with Gasteiger partial charge in [0.05, 0.1) is 5.56 Å². The van der Waals surface area contributed by atoms with Crippen LogP contribution in [0.3, 0.4) is 0 Å². The van der Waals surface area contributed by atoms with Crippen LogP contribution in [-0.4, -0.2) is 30.0 Å². The fourth-order valence-corrected chi connectivity index (χ4v) is 3.32. The minimum Gasteiger partial charge on any atom is -0.355 e. The molecule has 2 heterocycles. The molecule has 1 saturated carbocycles. The van der Waals surface area contributed by atoms with Crippen LogP contribution in [0.2, 0.25) is 0 Å². The SMILES string of the molecule is N#Cc1cc(Br)cnc1N1CCC(C(=O)NC2CCC2)CC1. The van der Waals surface area contributed by atoms with Gasteiger partial charge in [0.2, 0.25) is 5.91 Å². The fourth-order valence-electron chi connectivity index (χ4n) is 2.99. The number of nitriles is 1. The first-order chi connectivity index (χ1) is 10.7. The zero-order chi connectivity index (χ0) is 15.5. The van der Waals surface area contributed by atoms with Gasteiger partial charge in [-0.3, -0.25) is 4.79 Å². The lowest BCUT2D eigenvalue weighted by molar-refractivity contribution is -0.126. The van der Waals surface area contributed by atoms with E-state index in [-0.39, 0.29) is 11.8 Å². The first kappa shape index (κ1) is 15.3. The van der Waals surface area contributed by atoms with E-state index >= 15 is 0 Å². The van der Waals surface area contributed by atoms with Crippen LogP contribution in [0.4, 0.5) is 5.82 Å². The largest absolute Gasteiger partial charge is 0.355 e. The van der Waals surface area contributed by atoms with E-state index in [1.165, 1.54) is 6.42 Å². The van der Waals surface area contributed by atoms with Crippen molar-refractivity contribution in [1.29, 1.82) is 5.26 Å². The number of piperidine rings is 1. The van der Waals surface area contributed by atoms with Gasteiger partial charge in [0, 0.05) is 35.7 Å². The molecule has 0 bridgehead atoms. The molecule has 0 aromatic carbocycles. The molecule has 3 rings (SSSR count). The van der Waals surface area contributed by atoms with Crippen molar-refractivity contribution in [3.63, 3.8) is 0 Å². The van der Waals surface area contributed by atoms with Gasteiger partial charge in [0.25, 0.3) is 0 Å². The van der Waals surface area contributed by atoms with Crippen molar-refractivity contribution < 1.29 is 4.79 Å². The van der Waals surface area contributed by atoms with Crippen molar-refractivity contribution in [2.75, 3.05) is 18.0 Å². The van der Waals surface area contributed by atoms with E-state index in [0.29, 0.717) is 11.6 Å². The normalized spacial score (nSPS) is 19.4. The molecule has 0 spiro atoms. The number of hydrogen-bond donors (Lipinski definition) is 1. The molecule has 5 nitrogen and oxygen atoms in total. The van der Waals surface area contributed by atoms with Gasteiger partial charge in [-0.25, -0.2) is 4.98 Å². The molecule has 1 amide bonds. The van der Waals surface area contributed by atoms with Crippen molar-refractivity contribution in [2.45, 2.75) is 38.1 Å². The summed E-state index contributed by atoms with van der Waals surface area (Å²) in [7, 11) is 0. The molecule has 1 aliphatic carbocycles. The first-order valence-electron chi connectivity index (χ1n) is 7.78. The Labute approximate surface area is 138 Å². The van der Waals surface area contributed by atoms with Crippen LogP contribution in [0, 0.1) is 17.2 Å². The summed E-state index contributed by atoms with van der Waals surface area (Å²) in [5.41, 5.74) is 0.576. The lowest BCUT2D eigenvalue weighted by atomic mass is 9.90. The molecule has 0 unspecified atom stereocenters. The molecule has 1 N–H and O–H groups in total. The summed E-state index contributed by atoms with van der Waals surface area (Å²) in [6, 6.07) is 4.39. The summed E-state index contributed by atoms with van der Waals surface area (Å²) < 4.78 is 0.808. The first-order valence-corrected chi connectivity index (χ1v) is 8.57. The lowest BCUT2D eigenvalue weighted by Gasteiger charge is -2.34. The van der Waals surface area contributed by atoms with Gasteiger partial charge in [-0.15, -0.1) is 0 Å². The zero-order valence-corrected chi connectivity index (χ0v) is 14.0. The summed E-state index contributed by atoms with van der Waals surface area (Å²) >= 11 is 3.34. The molecule has 2 aliphatic rings. The van der Waals surface area contributed by atoms with Crippen molar-refractivity contribution in [1.82, 2.24) is 10.3 Å². The van der Waals surface area contributed by atoms with E-state index in [1.807, 2.05) is 0 Å². The Bertz CT molecular complexity index is 601. The van der Waals surface area contributed by atoms with Crippen LogP contribution in [0.15, 0.2) is 16.7 Å². The topological polar surface area (TPSA) is 69.0 Å². The van der Waals surface area contributed by atoms with Crippen LogP contribution in [-0.2, 0) is 4.79 Å². The highest BCUT2D eigenvalue weighted by molar-refractivity contribution is 9.10. The fraction of sp³-hybridized carbons (Fsp3) is 0.562. The van der Waals surface area contributed by atoms with Gasteiger partial charge in [0.1, 0.15) is 11.9 Å². The number of rotatable bonds is 3. The number of amides is 1.